The zero-order valence-corrected chi connectivity index (χ0v) is 12.2. The molecule has 1 aliphatic rings. The van der Waals surface area contributed by atoms with Crippen LogP contribution < -0.4 is 5.32 Å². The van der Waals surface area contributed by atoms with Crippen LogP contribution in [0.3, 0.4) is 0 Å². The zero-order chi connectivity index (χ0) is 15.5. The third-order valence-electron chi connectivity index (χ3n) is 3.90. The number of hydrogen-bond donors (Lipinski definition) is 1. The lowest BCUT2D eigenvalue weighted by Crippen LogP contribution is -2.42. The van der Waals surface area contributed by atoms with Crippen molar-refractivity contribution in [2.75, 3.05) is 5.88 Å². The highest BCUT2D eigenvalue weighted by molar-refractivity contribution is 6.18. The van der Waals surface area contributed by atoms with Crippen molar-refractivity contribution in [3.63, 3.8) is 0 Å². The Morgan fingerprint density at radius 1 is 1.19 bits per heavy atom. The van der Waals surface area contributed by atoms with Crippen LogP contribution in [0, 0.1) is 5.92 Å². The predicted molar refractivity (Wildman–Crippen MR) is 75.4 cm³/mol. The molecule has 2 rings (SSSR count). The maximum atomic E-state index is 12.5. The van der Waals surface area contributed by atoms with Gasteiger partial charge in [0, 0.05) is 17.5 Å². The maximum absolute atomic E-state index is 12.5. The molecule has 2 atom stereocenters. The number of rotatable bonds is 3. The van der Waals surface area contributed by atoms with E-state index in [-0.39, 0.29) is 23.4 Å². The molecule has 1 aromatic carbocycles. The van der Waals surface area contributed by atoms with Gasteiger partial charge >= 0.3 is 6.18 Å². The standard InChI is InChI=1S/C15H17ClF3NO/c16-9-11-3-1-2-4-13(11)20-14(21)10-5-7-12(8-6-10)15(17,18)19/h5-8,11,13H,1-4,9H2,(H,20,21). The van der Waals surface area contributed by atoms with Crippen LogP contribution in [0.2, 0.25) is 0 Å². The van der Waals surface area contributed by atoms with E-state index in [0.29, 0.717) is 5.88 Å². The molecule has 2 nitrogen and oxygen atoms in total. The summed E-state index contributed by atoms with van der Waals surface area (Å²) in [6, 6.07) is 4.27. The summed E-state index contributed by atoms with van der Waals surface area (Å²) in [4.78, 5) is 12.1. The molecule has 1 aliphatic carbocycles. The molecule has 2 unspecified atom stereocenters. The smallest absolute Gasteiger partial charge is 0.349 e. The third-order valence-corrected chi connectivity index (χ3v) is 4.29. The highest BCUT2D eigenvalue weighted by atomic mass is 35.5. The van der Waals surface area contributed by atoms with Gasteiger partial charge in [0.15, 0.2) is 0 Å². The predicted octanol–water partition coefficient (Wildman–Crippen LogP) is 4.23. The van der Waals surface area contributed by atoms with Crippen LogP contribution in [0.4, 0.5) is 13.2 Å². The minimum Gasteiger partial charge on any atom is -0.349 e. The van der Waals surface area contributed by atoms with E-state index in [1.165, 1.54) is 12.1 Å². The van der Waals surface area contributed by atoms with Gasteiger partial charge in [0.2, 0.25) is 0 Å². The molecule has 0 aliphatic heterocycles. The van der Waals surface area contributed by atoms with E-state index < -0.39 is 11.7 Å². The molecule has 0 radical (unpaired) electrons. The van der Waals surface area contributed by atoms with Crippen molar-refractivity contribution in [1.82, 2.24) is 5.32 Å². The Kier molecular flexibility index (Phi) is 5.14. The minimum atomic E-state index is -4.39. The van der Waals surface area contributed by atoms with Gasteiger partial charge in [-0.25, -0.2) is 0 Å². The molecule has 0 bridgehead atoms. The average Bonchev–Trinajstić information content (AvgIpc) is 2.47. The van der Waals surface area contributed by atoms with E-state index in [9.17, 15) is 18.0 Å². The molecule has 0 heterocycles. The summed E-state index contributed by atoms with van der Waals surface area (Å²) in [6.45, 7) is 0. The summed E-state index contributed by atoms with van der Waals surface area (Å²) in [5, 5.41) is 2.89. The first-order valence-corrected chi connectivity index (χ1v) is 7.49. The van der Waals surface area contributed by atoms with Gasteiger partial charge in [0.05, 0.1) is 5.56 Å². The number of amides is 1. The monoisotopic (exact) mass is 319 g/mol. The molecule has 6 heteroatoms. The van der Waals surface area contributed by atoms with E-state index in [4.69, 9.17) is 11.6 Å². The van der Waals surface area contributed by atoms with E-state index in [0.717, 1.165) is 37.8 Å². The number of carbonyl (C=O) groups excluding carboxylic acids is 1. The summed E-state index contributed by atoms with van der Waals surface area (Å²) >= 11 is 5.90. The fourth-order valence-electron chi connectivity index (χ4n) is 2.64. The Balaban J connectivity index is 2.03. The number of carbonyl (C=O) groups is 1. The third kappa shape index (κ3) is 4.13. The van der Waals surface area contributed by atoms with Crippen molar-refractivity contribution in [2.24, 2.45) is 5.92 Å². The Hall–Kier alpha value is -1.23. The van der Waals surface area contributed by atoms with Crippen LogP contribution in [0.15, 0.2) is 24.3 Å². The second-order valence-electron chi connectivity index (χ2n) is 5.35. The molecule has 0 spiro atoms. The van der Waals surface area contributed by atoms with E-state index in [2.05, 4.69) is 5.32 Å². The Labute approximate surface area is 126 Å². The van der Waals surface area contributed by atoms with Gasteiger partial charge in [-0.15, -0.1) is 11.6 Å². The highest BCUT2D eigenvalue weighted by Crippen LogP contribution is 2.29. The largest absolute Gasteiger partial charge is 0.416 e. The first kappa shape index (κ1) is 16.1. The Morgan fingerprint density at radius 3 is 2.38 bits per heavy atom. The summed E-state index contributed by atoms with van der Waals surface area (Å²) in [6.07, 6.45) is -0.414. The van der Waals surface area contributed by atoms with Gasteiger partial charge in [0.25, 0.3) is 5.91 Å². The average molecular weight is 320 g/mol. The van der Waals surface area contributed by atoms with Crippen LogP contribution >= 0.6 is 11.6 Å². The molecule has 0 saturated heterocycles. The van der Waals surface area contributed by atoms with Crippen LogP contribution in [0.25, 0.3) is 0 Å². The maximum Gasteiger partial charge on any atom is 0.416 e. The van der Waals surface area contributed by atoms with E-state index in [1.807, 2.05) is 0 Å². The number of nitrogens with one attached hydrogen (secondary N) is 1. The molecule has 1 aromatic rings. The second kappa shape index (κ2) is 6.69. The number of benzene rings is 1. The summed E-state index contributed by atoms with van der Waals surface area (Å²) in [5.41, 5.74) is -0.516. The lowest BCUT2D eigenvalue weighted by Gasteiger charge is -2.30. The van der Waals surface area contributed by atoms with Crippen LogP contribution in [-0.4, -0.2) is 17.8 Å². The molecular formula is C15H17ClF3NO. The summed E-state index contributed by atoms with van der Waals surface area (Å²) in [5.74, 6) is 0.377. The van der Waals surface area contributed by atoms with Crippen molar-refractivity contribution in [1.29, 1.82) is 0 Å². The highest BCUT2D eigenvalue weighted by Gasteiger charge is 2.30. The molecule has 21 heavy (non-hydrogen) atoms. The Bertz CT molecular complexity index is 487. The normalized spacial score (nSPS) is 22.9. The van der Waals surface area contributed by atoms with Crippen molar-refractivity contribution in [2.45, 2.75) is 37.9 Å². The minimum absolute atomic E-state index is 0.00560. The molecule has 1 fully saturated rings. The summed E-state index contributed by atoms with van der Waals surface area (Å²) < 4.78 is 37.4. The fraction of sp³-hybridized carbons (Fsp3) is 0.533. The molecule has 1 amide bonds. The molecule has 1 N–H and O–H groups in total. The van der Waals surface area contributed by atoms with Gasteiger partial charge in [0.1, 0.15) is 0 Å². The number of hydrogen-bond acceptors (Lipinski definition) is 1. The molecule has 116 valence electrons. The molecular weight excluding hydrogens is 303 g/mol. The van der Waals surface area contributed by atoms with E-state index >= 15 is 0 Å². The topological polar surface area (TPSA) is 29.1 Å². The van der Waals surface area contributed by atoms with Gasteiger partial charge in [-0.3, -0.25) is 4.79 Å². The first-order valence-electron chi connectivity index (χ1n) is 6.96. The van der Waals surface area contributed by atoms with Gasteiger partial charge < -0.3 is 5.32 Å². The van der Waals surface area contributed by atoms with Crippen molar-refractivity contribution < 1.29 is 18.0 Å². The van der Waals surface area contributed by atoms with Crippen LogP contribution in [0.5, 0.6) is 0 Å². The zero-order valence-electron chi connectivity index (χ0n) is 11.4. The van der Waals surface area contributed by atoms with Gasteiger partial charge in [-0.1, -0.05) is 12.8 Å². The Morgan fingerprint density at radius 2 is 1.81 bits per heavy atom. The fourth-order valence-corrected chi connectivity index (χ4v) is 3.01. The van der Waals surface area contributed by atoms with Gasteiger partial charge in [-0.2, -0.15) is 13.2 Å². The molecule has 1 saturated carbocycles. The second-order valence-corrected chi connectivity index (χ2v) is 5.66. The van der Waals surface area contributed by atoms with E-state index in [1.54, 1.807) is 0 Å². The van der Waals surface area contributed by atoms with Crippen molar-refractivity contribution >= 4 is 17.5 Å². The van der Waals surface area contributed by atoms with Crippen LogP contribution in [-0.2, 0) is 6.18 Å². The number of alkyl halides is 4. The SMILES string of the molecule is O=C(NC1CCCCC1CCl)c1ccc(C(F)(F)F)cc1. The lowest BCUT2D eigenvalue weighted by atomic mass is 9.85. The molecule has 0 aromatic heterocycles. The van der Waals surface area contributed by atoms with Crippen LogP contribution in [0.1, 0.15) is 41.6 Å². The number of halogens is 4. The van der Waals surface area contributed by atoms with Crippen molar-refractivity contribution in [3.05, 3.63) is 35.4 Å². The summed E-state index contributed by atoms with van der Waals surface area (Å²) in [7, 11) is 0. The van der Waals surface area contributed by atoms with Crippen molar-refractivity contribution in [3.8, 4) is 0 Å². The first-order chi connectivity index (χ1) is 9.91. The van der Waals surface area contributed by atoms with Gasteiger partial charge in [-0.05, 0) is 43.0 Å². The lowest BCUT2D eigenvalue weighted by molar-refractivity contribution is -0.137. The quantitative estimate of drug-likeness (QED) is 0.830.